The first-order chi connectivity index (χ1) is 12.6. The van der Waals surface area contributed by atoms with Gasteiger partial charge in [0.05, 0.1) is 11.4 Å². The molecule has 0 unspecified atom stereocenters. The van der Waals surface area contributed by atoms with Crippen LogP contribution >= 0.6 is 0 Å². The molecule has 1 fully saturated rings. The minimum atomic E-state index is -0.885. The molecule has 0 aromatic heterocycles. The molecule has 1 aliphatic heterocycles. The van der Waals surface area contributed by atoms with Gasteiger partial charge in [-0.3, -0.25) is 14.5 Å². The second kappa shape index (κ2) is 6.44. The van der Waals surface area contributed by atoms with Crippen LogP contribution in [0.4, 0.5) is 15.8 Å². The van der Waals surface area contributed by atoms with Crippen LogP contribution in [-0.2, 0) is 9.59 Å². The second-order valence-electron chi connectivity index (χ2n) is 6.66. The Morgan fingerprint density at radius 3 is 2.58 bits per heavy atom. The minimum absolute atomic E-state index is 0.0241. The molecule has 1 heterocycles. The first kappa shape index (κ1) is 16.6. The summed E-state index contributed by atoms with van der Waals surface area (Å²) in [6.07, 6.45) is 2.98. The van der Waals surface area contributed by atoms with Crippen molar-refractivity contribution in [3.05, 3.63) is 54.3 Å². The Bertz CT molecular complexity index is 862. The first-order valence-electron chi connectivity index (χ1n) is 8.73. The molecule has 0 saturated heterocycles. The van der Waals surface area contributed by atoms with E-state index < -0.39 is 11.4 Å². The fourth-order valence-electron chi connectivity index (χ4n) is 3.89. The number of halogens is 1. The third kappa shape index (κ3) is 2.62. The summed E-state index contributed by atoms with van der Waals surface area (Å²) in [7, 11) is 0. The van der Waals surface area contributed by atoms with E-state index in [0.717, 1.165) is 12.8 Å². The molecule has 0 atom stereocenters. The Labute approximate surface area is 150 Å². The van der Waals surface area contributed by atoms with Gasteiger partial charge in [-0.25, -0.2) is 4.39 Å². The summed E-state index contributed by atoms with van der Waals surface area (Å²) in [4.78, 5) is 27.4. The van der Waals surface area contributed by atoms with Crippen molar-refractivity contribution in [3.8, 4) is 5.75 Å². The molecule has 1 aliphatic carbocycles. The lowest BCUT2D eigenvalue weighted by molar-refractivity contribution is -0.128. The number of anilines is 2. The number of para-hydroxylation sites is 3. The monoisotopic (exact) mass is 354 g/mol. The van der Waals surface area contributed by atoms with E-state index in [4.69, 9.17) is 4.74 Å². The highest BCUT2D eigenvalue weighted by atomic mass is 19.1. The SMILES string of the molecule is O=C(COc1ccccc1F)N1c2ccccc2NC(=O)C12CCCC2. The number of hydrogen-bond donors (Lipinski definition) is 1. The zero-order chi connectivity index (χ0) is 18.1. The van der Waals surface area contributed by atoms with E-state index in [9.17, 15) is 14.0 Å². The van der Waals surface area contributed by atoms with E-state index in [2.05, 4.69) is 5.32 Å². The molecule has 2 aromatic carbocycles. The van der Waals surface area contributed by atoms with Crippen LogP contribution in [0.2, 0.25) is 0 Å². The molecule has 1 N–H and O–H groups in total. The molecule has 2 amide bonds. The van der Waals surface area contributed by atoms with Crippen molar-refractivity contribution in [1.29, 1.82) is 0 Å². The van der Waals surface area contributed by atoms with Crippen LogP contribution in [0.3, 0.4) is 0 Å². The Hall–Kier alpha value is -2.89. The summed E-state index contributed by atoms with van der Waals surface area (Å²) in [5, 5.41) is 2.93. The van der Waals surface area contributed by atoms with E-state index in [-0.39, 0.29) is 24.2 Å². The van der Waals surface area contributed by atoms with Gasteiger partial charge in [0.25, 0.3) is 11.8 Å². The number of nitrogens with zero attached hydrogens (tertiary/aromatic N) is 1. The summed E-state index contributed by atoms with van der Waals surface area (Å²) in [6.45, 7) is -0.329. The second-order valence-corrected chi connectivity index (χ2v) is 6.66. The molecular formula is C20H19FN2O3. The van der Waals surface area contributed by atoms with E-state index in [1.807, 2.05) is 18.2 Å². The van der Waals surface area contributed by atoms with Gasteiger partial charge in [0.2, 0.25) is 0 Å². The molecule has 2 aliphatic rings. The van der Waals surface area contributed by atoms with Gasteiger partial charge in [-0.2, -0.15) is 0 Å². The quantitative estimate of drug-likeness (QED) is 0.918. The summed E-state index contributed by atoms with van der Waals surface area (Å²) < 4.78 is 19.2. The largest absolute Gasteiger partial charge is 0.481 e. The third-order valence-electron chi connectivity index (χ3n) is 5.11. The van der Waals surface area contributed by atoms with Crippen LogP contribution in [0.1, 0.15) is 25.7 Å². The van der Waals surface area contributed by atoms with Gasteiger partial charge in [-0.05, 0) is 37.1 Å². The van der Waals surface area contributed by atoms with E-state index in [1.54, 1.807) is 23.1 Å². The third-order valence-corrected chi connectivity index (χ3v) is 5.11. The number of benzene rings is 2. The van der Waals surface area contributed by atoms with E-state index in [0.29, 0.717) is 24.2 Å². The van der Waals surface area contributed by atoms with Crippen LogP contribution < -0.4 is 15.0 Å². The van der Waals surface area contributed by atoms with Crippen LogP contribution in [0.15, 0.2) is 48.5 Å². The lowest BCUT2D eigenvalue weighted by Crippen LogP contribution is -2.61. The molecule has 1 spiro atoms. The molecule has 4 rings (SSSR count). The molecular weight excluding hydrogens is 335 g/mol. The first-order valence-corrected chi connectivity index (χ1v) is 8.73. The predicted octanol–water partition coefficient (Wildman–Crippen LogP) is 3.50. The highest BCUT2D eigenvalue weighted by Crippen LogP contribution is 2.45. The molecule has 5 nitrogen and oxygen atoms in total. The van der Waals surface area contributed by atoms with Crippen molar-refractivity contribution in [3.63, 3.8) is 0 Å². The van der Waals surface area contributed by atoms with Crippen molar-refractivity contribution in [2.24, 2.45) is 0 Å². The average molecular weight is 354 g/mol. The number of carbonyl (C=O) groups is 2. The Morgan fingerprint density at radius 1 is 1.12 bits per heavy atom. The molecule has 2 aromatic rings. The number of carbonyl (C=O) groups excluding carboxylic acids is 2. The zero-order valence-electron chi connectivity index (χ0n) is 14.2. The fourth-order valence-corrected chi connectivity index (χ4v) is 3.89. The van der Waals surface area contributed by atoms with E-state index >= 15 is 0 Å². The highest BCUT2D eigenvalue weighted by molar-refractivity contribution is 6.15. The predicted molar refractivity (Wildman–Crippen MR) is 95.7 cm³/mol. The maximum absolute atomic E-state index is 13.8. The van der Waals surface area contributed by atoms with Gasteiger partial charge >= 0.3 is 0 Å². The lowest BCUT2D eigenvalue weighted by Gasteiger charge is -2.44. The van der Waals surface area contributed by atoms with Gasteiger partial charge in [-0.1, -0.05) is 37.1 Å². The molecule has 6 heteroatoms. The maximum Gasteiger partial charge on any atom is 0.265 e. The van der Waals surface area contributed by atoms with Crippen molar-refractivity contribution in [2.75, 3.05) is 16.8 Å². The lowest BCUT2D eigenvalue weighted by atomic mass is 9.90. The normalized spacial score (nSPS) is 17.7. The standard InChI is InChI=1S/C20H19FN2O3/c21-14-7-1-4-10-17(14)26-13-18(24)23-16-9-3-2-8-15(16)22-19(25)20(23)11-5-6-12-20/h1-4,7-10H,5-6,11-13H2,(H,22,25). The van der Waals surface area contributed by atoms with Crippen molar-refractivity contribution in [2.45, 2.75) is 31.2 Å². The van der Waals surface area contributed by atoms with Crippen LogP contribution in [0.25, 0.3) is 0 Å². The number of nitrogens with one attached hydrogen (secondary N) is 1. The fraction of sp³-hybridized carbons (Fsp3) is 0.300. The maximum atomic E-state index is 13.8. The van der Waals surface area contributed by atoms with Crippen molar-refractivity contribution in [1.82, 2.24) is 0 Å². The van der Waals surface area contributed by atoms with Gasteiger partial charge in [0.15, 0.2) is 18.2 Å². The van der Waals surface area contributed by atoms with Crippen molar-refractivity contribution < 1.29 is 18.7 Å². The summed E-state index contributed by atoms with van der Waals surface area (Å²) >= 11 is 0. The van der Waals surface area contributed by atoms with Crippen LogP contribution in [0.5, 0.6) is 5.75 Å². The molecule has 0 radical (unpaired) electrons. The highest BCUT2D eigenvalue weighted by Gasteiger charge is 2.52. The minimum Gasteiger partial charge on any atom is -0.481 e. The van der Waals surface area contributed by atoms with Crippen LogP contribution in [0, 0.1) is 5.82 Å². The number of rotatable bonds is 3. The van der Waals surface area contributed by atoms with Crippen molar-refractivity contribution >= 4 is 23.2 Å². The van der Waals surface area contributed by atoms with Gasteiger partial charge in [0.1, 0.15) is 5.54 Å². The molecule has 0 bridgehead atoms. The summed E-state index contributed by atoms with van der Waals surface area (Å²) in [6, 6.07) is 13.2. The number of ether oxygens (including phenoxy) is 1. The number of fused-ring (bicyclic) bond motifs is 1. The zero-order valence-corrected chi connectivity index (χ0v) is 14.2. The average Bonchev–Trinajstić information content (AvgIpc) is 3.12. The number of hydrogen-bond acceptors (Lipinski definition) is 3. The number of amides is 2. The smallest absolute Gasteiger partial charge is 0.265 e. The Kier molecular flexibility index (Phi) is 4.11. The van der Waals surface area contributed by atoms with Crippen LogP contribution in [-0.4, -0.2) is 24.0 Å². The molecule has 1 saturated carbocycles. The van der Waals surface area contributed by atoms with E-state index in [1.165, 1.54) is 12.1 Å². The molecule has 26 heavy (non-hydrogen) atoms. The summed E-state index contributed by atoms with van der Waals surface area (Å²) in [5.74, 6) is -1.01. The Morgan fingerprint density at radius 2 is 1.81 bits per heavy atom. The summed E-state index contributed by atoms with van der Waals surface area (Å²) in [5.41, 5.74) is 0.384. The topological polar surface area (TPSA) is 58.6 Å². The Balaban J connectivity index is 1.66. The van der Waals surface area contributed by atoms with Gasteiger partial charge in [0, 0.05) is 0 Å². The molecule has 134 valence electrons. The van der Waals surface area contributed by atoms with Gasteiger partial charge < -0.3 is 10.1 Å². The van der Waals surface area contributed by atoms with Gasteiger partial charge in [-0.15, -0.1) is 0 Å².